The first kappa shape index (κ1) is 10.6. The second-order valence-corrected chi connectivity index (χ2v) is 4.77. The Balaban J connectivity index is 2.00. The van der Waals surface area contributed by atoms with Crippen LogP contribution >= 0.6 is 11.6 Å². The molecule has 4 nitrogen and oxygen atoms in total. The van der Waals surface area contributed by atoms with Crippen LogP contribution in [0.3, 0.4) is 0 Å². The van der Waals surface area contributed by atoms with Crippen LogP contribution in [-0.4, -0.2) is 36.8 Å². The molecule has 0 radical (unpaired) electrons. The molecule has 3 aliphatic rings. The average molecular weight is 244 g/mol. The molecule has 2 N–H and O–H groups in total. The minimum absolute atomic E-state index is 0.380. The fourth-order valence-electron chi connectivity index (χ4n) is 2.63. The van der Waals surface area contributed by atoms with Crippen LogP contribution in [0.4, 0.5) is 0 Å². The highest BCUT2D eigenvalue weighted by Gasteiger charge is 2.47. The molecular formula is C11H14ClNO3. The smallest absolute Gasteiger partial charge is 0.180 e. The number of aliphatic hydroxyl groups is 1. The van der Waals surface area contributed by atoms with Gasteiger partial charge in [-0.3, -0.25) is 0 Å². The summed E-state index contributed by atoms with van der Waals surface area (Å²) in [5, 5.41) is 13.5. The van der Waals surface area contributed by atoms with Crippen LogP contribution in [0.5, 0.6) is 0 Å². The highest BCUT2D eigenvalue weighted by molar-refractivity contribution is 6.29. The number of halogens is 1. The van der Waals surface area contributed by atoms with Crippen molar-refractivity contribution in [1.82, 2.24) is 5.32 Å². The molecule has 3 aliphatic heterocycles. The number of fused-ring (bicyclic) bond motifs is 1. The zero-order valence-corrected chi connectivity index (χ0v) is 9.59. The predicted molar refractivity (Wildman–Crippen MR) is 58.8 cm³/mol. The largest absolute Gasteiger partial charge is 0.381 e. The van der Waals surface area contributed by atoms with Crippen molar-refractivity contribution in [3.8, 4) is 0 Å². The predicted octanol–water partition coefficient (Wildman–Crippen LogP) is 0.864. The summed E-state index contributed by atoms with van der Waals surface area (Å²) in [6, 6.07) is 0. The lowest BCUT2D eigenvalue weighted by atomic mass is 9.84. The highest BCUT2D eigenvalue weighted by Crippen LogP contribution is 2.44. The first-order chi connectivity index (χ1) is 7.71. The van der Waals surface area contributed by atoms with Crippen LogP contribution in [0.1, 0.15) is 12.8 Å². The molecule has 0 saturated carbocycles. The van der Waals surface area contributed by atoms with Gasteiger partial charge in [0.15, 0.2) is 6.29 Å². The molecule has 1 atom stereocenters. The van der Waals surface area contributed by atoms with Crippen LogP contribution in [0.15, 0.2) is 22.4 Å². The standard InChI is InChI=1S/C11H14ClNO3/c12-9-5-8-7(6-13-9)10(14)16-11(8)1-3-15-4-2-11/h5,10,13-14H,1-4,6H2. The molecule has 0 amide bonds. The maximum absolute atomic E-state index is 9.89. The first-order valence-corrected chi connectivity index (χ1v) is 5.87. The quantitative estimate of drug-likeness (QED) is 0.620. The maximum atomic E-state index is 9.89. The number of hydrogen-bond donors (Lipinski definition) is 2. The van der Waals surface area contributed by atoms with E-state index in [2.05, 4.69) is 5.32 Å². The third-order valence-electron chi connectivity index (χ3n) is 3.49. The number of aliphatic hydroxyl groups excluding tert-OH is 1. The van der Waals surface area contributed by atoms with E-state index in [4.69, 9.17) is 21.1 Å². The summed E-state index contributed by atoms with van der Waals surface area (Å²) >= 11 is 5.98. The van der Waals surface area contributed by atoms with E-state index in [1.54, 1.807) is 0 Å². The van der Waals surface area contributed by atoms with Gasteiger partial charge in [0.05, 0.1) is 0 Å². The summed E-state index contributed by atoms with van der Waals surface area (Å²) in [7, 11) is 0. The Kier molecular flexibility index (Phi) is 2.47. The second kappa shape index (κ2) is 3.74. The fourth-order valence-corrected chi connectivity index (χ4v) is 2.80. The molecule has 1 saturated heterocycles. The Bertz CT molecular complexity index is 371. The van der Waals surface area contributed by atoms with Crippen molar-refractivity contribution in [3.63, 3.8) is 0 Å². The van der Waals surface area contributed by atoms with Gasteiger partial charge in [0.25, 0.3) is 0 Å². The van der Waals surface area contributed by atoms with Gasteiger partial charge in [-0.05, 0) is 11.6 Å². The number of dihydropyridines is 1. The molecule has 3 rings (SSSR count). The molecule has 5 heteroatoms. The SMILES string of the molecule is OC1OC2(CCOCC2)C2=C1CNC(Cl)=C2. The Morgan fingerprint density at radius 3 is 2.94 bits per heavy atom. The lowest BCUT2D eigenvalue weighted by Gasteiger charge is -2.35. The topological polar surface area (TPSA) is 50.7 Å². The van der Waals surface area contributed by atoms with Crippen molar-refractivity contribution in [2.75, 3.05) is 19.8 Å². The third-order valence-corrected chi connectivity index (χ3v) is 3.73. The van der Waals surface area contributed by atoms with Crippen LogP contribution < -0.4 is 5.32 Å². The third kappa shape index (κ3) is 1.49. The zero-order chi connectivity index (χ0) is 11.2. The summed E-state index contributed by atoms with van der Waals surface area (Å²) in [5.74, 6) is 0. The van der Waals surface area contributed by atoms with Gasteiger partial charge >= 0.3 is 0 Å². The van der Waals surface area contributed by atoms with E-state index >= 15 is 0 Å². The van der Waals surface area contributed by atoms with Crippen molar-refractivity contribution in [2.45, 2.75) is 24.7 Å². The van der Waals surface area contributed by atoms with Crippen LogP contribution in [0.2, 0.25) is 0 Å². The summed E-state index contributed by atoms with van der Waals surface area (Å²) < 4.78 is 11.1. The van der Waals surface area contributed by atoms with E-state index in [1.165, 1.54) is 0 Å². The van der Waals surface area contributed by atoms with Crippen molar-refractivity contribution in [1.29, 1.82) is 0 Å². The van der Waals surface area contributed by atoms with Gasteiger partial charge in [0, 0.05) is 38.2 Å². The first-order valence-electron chi connectivity index (χ1n) is 5.49. The minimum atomic E-state index is -0.804. The Hall–Kier alpha value is -0.550. The number of ether oxygens (including phenoxy) is 2. The molecule has 3 heterocycles. The van der Waals surface area contributed by atoms with Gasteiger partial charge in [0.2, 0.25) is 0 Å². The summed E-state index contributed by atoms with van der Waals surface area (Å²) in [5.41, 5.74) is 1.58. The normalized spacial score (nSPS) is 32.4. The van der Waals surface area contributed by atoms with Gasteiger partial charge in [-0.15, -0.1) is 0 Å². The van der Waals surface area contributed by atoms with E-state index in [9.17, 15) is 5.11 Å². The summed E-state index contributed by atoms with van der Waals surface area (Å²) in [6.07, 6.45) is 2.64. The van der Waals surface area contributed by atoms with Gasteiger partial charge in [-0.25, -0.2) is 0 Å². The fraction of sp³-hybridized carbons (Fsp3) is 0.636. The molecule has 0 bridgehead atoms. The van der Waals surface area contributed by atoms with E-state index in [1.807, 2.05) is 6.08 Å². The van der Waals surface area contributed by atoms with Crippen LogP contribution in [-0.2, 0) is 9.47 Å². The molecule has 16 heavy (non-hydrogen) atoms. The van der Waals surface area contributed by atoms with Gasteiger partial charge in [-0.1, -0.05) is 11.6 Å². The summed E-state index contributed by atoms with van der Waals surface area (Å²) in [6.45, 7) is 1.90. The molecule has 1 fully saturated rings. The average Bonchev–Trinajstić information content (AvgIpc) is 2.53. The molecule has 88 valence electrons. The number of hydrogen-bond acceptors (Lipinski definition) is 4. The molecule has 0 aromatic rings. The van der Waals surface area contributed by atoms with Gasteiger partial charge < -0.3 is 19.9 Å². The van der Waals surface area contributed by atoms with Crippen molar-refractivity contribution >= 4 is 11.6 Å². The molecule has 1 spiro atoms. The van der Waals surface area contributed by atoms with Crippen LogP contribution in [0, 0.1) is 0 Å². The maximum Gasteiger partial charge on any atom is 0.180 e. The van der Waals surface area contributed by atoms with Crippen molar-refractivity contribution in [3.05, 3.63) is 22.4 Å². The Labute approximate surface area is 98.9 Å². The Morgan fingerprint density at radius 1 is 1.44 bits per heavy atom. The zero-order valence-electron chi connectivity index (χ0n) is 8.83. The van der Waals surface area contributed by atoms with Gasteiger partial charge in [0.1, 0.15) is 10.8 Å². The van der Waals surface area contributed by atoms with E-state index in [-0.39, 0.29) is 5.60 Å². The lowest BCUT2D eigenvalue weighted by molar-refractivity contribution is -0.158. The molecule has 0 aromatic heterocycles. The van der Waals surface area contributed by atoms with E-state index < -0.39 is 6.29 Å². The van der Waals surface area contributed by atoms with Crippen LogP contribution in [0.25, 0.3) is 0 Å². The van der Waals surface area contributed by atoms with Crippen molar-refractivity contribution < 1.29 is 14.6 Å². The van der Waals surface area contributed by atoms with Gasteiger partial charge in [-0.2, -0.15) is 0 Å². The monoisotopic (exact) mass is 243 g/mol. The second-order valence-electron chi connectivity index (χ2n) is 4.36. The Morgan fingerprint density at radius 2 is 2.19 bits per heavy atom. The lowest BCUT2D eigenvalue weighted by Crippen LogP contribution is -2.39. The molecular weight excluding hydrogens is 230 g/mol. The number of rotatable bonds is 0. The molecule has 0 aromatic carbocycles. The molecule has 0 aliphatic carbocycles. The van der Waals surface area contributed by atoms with E-state index in [0.717, 1.165) is 24.0 Å². The van der Waals surface area contributed by atoms with E-state index in [0.29, 0.717) is 24.9 Å². The highest BCUT2D eigenvalue weighted by atomic mass is 35.5. The molecule has 1 unspecified atom stereocenters. The minimum Gasteiger partial charge on any atom is -0.381 e. The summed E-state index contributed by atoms with van der Waals surface area (Å²) in [4.78, 5) is 0. The van der Waals surface area contributed by atoms with Crippen molar-refractivity contribution in [2.24, 2.45) is 0 Å². The number of nitrogens with one attached hydrogen (secondary N) is 1.